The first-order valence-corrected chi connectivity index (χ1v) is 8.62. The summed E-state index contributed by atoms with van der Waals surface area (Å²) in [5.41, 5.74) is 0. The number of nitrogens with one attached hydrogen (secondary N) is 1. The smallest absolute Gasteiger partial charge is 0.310 e. The minimum Gasteiger partial charge on any atom is -0.466 e. The van der Waals surface area contributed by atoms with Crippen LogP contribution >= 0.6 is 11.3 Å². The standard InChI is InChI=1S/C16H22N2O4S/c1-3-22-16(21)12-5-4-8-18(10-12)14(19)9-17-15(20)13-7-6-11(2)23-13/h6-7,12H,3-5,8-10H2,1-2H3,(H,17,20). The lowest BCUT2D eigenvalue weighted by molar-refractivity contribution is -0.151. The lowest BCUT2D eigenvalue weighted by atomic mass is 9.98. The Labute approximate surface area is 139 Å². The van der Waals surface area contributed by atoms with Crippen molar-refractivity contribution in [2.75, 3.05) is 26.2 Å². The molecule has 2 rings (SSSR count). The van der Waals surface area contributed by atoms with Crippen molar-refractivity contribution in [2.45, 2.75) is 26.7 Å². The van der Waals surface area contributed by atoms with Crippen molar-refractivity contribution in [1.29, 1.82) is 0 Å². The zero-order valence-corrected chi connectivity index (χ0v) is 14.3. The Hall–Kier alpha value is -1.89. The molecule has 2 heterocycles. The van der Waals surface area contributed by atoms with Gasteiger partial charge in [0.25, 0.3) is 5.91 Å². The number of likely N-dealkylation sites (tertiary alicyclic amines) is 1. The van der Waals surface area contributed by atoms with E-state index in [9.17, 15) is 14.4 Å². The van der Waals surface area contributed by atoms with Gasteiger partial charge in [0, 0.05) is 18.0 Å². The summed E-state index contributed by atoms with van der Waals surface area (Å²) in [6, 6.07) is 3.62. The molecule has 0 bridgehead atoms. The van der Waals surface area contributed by atoms with Gasteiger partial charge in [0.2, 0.25) is 5.91 Å². The van der Waals surface area contributed by atoms with Crippen molar-refractivity contribution >= 4 is 29.1 Å². The van der Waals surface area contributed by atoms with Gasteiger partial charge in [0.15, 0.2) is 0 Å². The van der Waals surface area contributed by atoms with Crippen LogP contribution in [0.25, 0.3) is 0 Å². The van der Waals surface area contributed by atoms with Crippen LogP contribution in [0.2, 0.25) is 0 Å². The molecule has 1 N–H and O–H groups in total. The second-order valence-electron chi connectivity index (χ2n) is 5.52. The molecule has 1 aliphatic heterocycles. The van der Waals surface area contributed by atoms with E-state index >= 15 is 0 Å². The van der Waals surface area contributed by atoms with E-state index < -0.39 is 0 Å². The highest BCUT2D eigenvalue weighted by Gasteiger charge is 2.29. The van der Waals surface area contributed by atoms with Crippen molar-refractivity contribution in [3.8, 4) is 0 Å². The molecule has 1 fully saturated rings. The van der Waals surface area contributed by atoms with Crippen LogP contribution in [-0.2, 0) is 14.3 Å². The van der Waals surface area contributed by atoms with E-state index in [0.717, 1.165) is 17.7 Å². The van der Waals surface area contributed by atoms with Gasteiger partial charge in [-0.25, -0.2) is 0 Å². The lowest BCUT2D eigenvalue weighted by Gasteiger charge is -2.31. The molecule has 7 heteroatoms. The molecular weight excluding hydrogens is 316 g/mol. The predicted octanol–water partition coefficient (Wildman–Crippen LogP) is 1.59. The number of carbonyl (C=O) groups is 3. The molecule has 23 heavy (non-hydrogen) atoms. The minimum atomic E-state index is -0.261. The Bertz CT molecular complexity index is 584. The summed E-state index contributed by atoms with van der Waals surface area (Å²) in [7, 11) is 0. The highest BCUT2D eigenvalue weighted by molar-refractivity contribution is 7.13. The number of esters is 1. The van der Waals surface area contributed by atoms with Crippen LogP contribution in [0.3, 0.4) is 0 Å². The van der Waals surface area contributed by atoms with Gasteiger partial charge in [0.05, 0.1) is 23.9 Å². The molecule has 1 atom stereocenters. The van der Waals surface area contributed by atoms with Crippen LogP contribution in [0.5, 0.6) is 0 Å². The maximum Gasteiger partial charge on any atom is 0.310 e. The van der Waals surface area contributed by atoms with E-state index in [4.69, 9.17) is 4.74 Å². The highest BCUT2D eigenvalue weighted by atomic mass is 32.1. The molecule has 0 aromatic carbocycles. The van der Waals surface area contributed by atoms with Gasteiger partial charge < -0.3 is 15.0 Å². The second kappa shape index (κ2) is 8.10. The summed E-state index contributed by atoms with van der Waals surface area (Å²) in [5.74, 6) is -0.914. The third-order valence-electron chi connectivity index (χ3n) is 3.76. The lowest BCUT2D eigenvalue weighted by Crippen LogP contribution is -2.46. The number of piperidine rings is 1. The molecule has 1 saturated heterocycles. The average molecular weight is 338 g/mol. The number of thiophene rings is 1. The van der Waals surface area contributed by atoms with Crippen LogP contribution in [0.4, 0.5) is 0 Å². The van der Waals surface area contributed by atoms with E-state index in [-0.39, 0.29) is 30.2 Å². The fourth-order valence-corrected chi connectivity index (χ4v) is 3.35. The number of aryl methyl sites for hydroxylation is 1. The predicted molar refractivity (Wildman–Crippen MR) is 87.3 cm³/mol. The summed E-state index contributed by atoms with van der Waals surface area (Å²) in [4.78, 5) is 39.3. The molecule has 2 amide bonds. The van der Waals surface area contributed by atoms with E-state index in [2.05, 4.69) is 5.32 Å². The Kier molecular flexibility index (Phi) is 6.15. The van der Waals surface area contributed by atoms with Gasteiger partial charge in [-0.2, -0.15) is 0 Å². The molecule has 0 radical (unpaired) electrons. The number of rotatable bonds is 5. The third kappa shape index (κ3) is 4.79. The largest absolute Gasteiger partial charge is 0.466 e. The summed E-state index contributed by atoms with van der Waals surface area (Å²) in [6.07, 6.45) is 1.51. The molecule has 1 aromatic heterocycles. The Morgan fingerprint density at radius 2 is 2.17 bits per heavy atom. The summed E-state index contributed by atoms with van der Waals surface area (Å²) >= 11 is 1.39. The molecular formula is C16H22N2O4S. The monoisotopic (exact) mass is 338 g/mol. The quantitative estimate of drug-likeness (QED) is 0.827. The maximum absolute atomic E-state index is 12.2. The van der Waals surface area contributed by atoms with Crippen LogP contribution in [0.15, 0.2) is 12.1 Å². The fourth-order valence-electron chi connectivity index (χ4n) is 2.57. The van der Waals surface area contributed by atoms with Crippen molar-refractivity contribution in [3.63, 3.8) is 0 Å². The Morgan fingerprint density at radius 1 is 1.39 bits per heavy atom. The van der Waals surface area contributed by atoms with Crippen LogP contribution < -0.4 is 5.32 Å². The van der Waals surface area contributed by atoms with Crippen molar-refractivity contribution < 1.29 is 19.1 Å². The maximum atomic E-state index is 12.2. The second-order valence-corrected chi connectivity index (χ2v) is 6.81. The molecule has 1 aliphatic rings. The van der Waals surface area contributed by atoms with Gasteiger partial charge in [-0.05, 0) is 38.8 Å². The number of hydrogen-bond donors (Lipinski definition) is 1. The summed E-state index contributed by atoms with van der Waals surface area (Å²) in [6.45, 7) is 4.97. The van der Waals surface area contributed by atoms with Gasteiger partial charge >= 0.3 is 5.97 Å². The highest BCUT2D eigenvalue weighted by Crippen LogP contribution is 2.18. The molecule has 0 saturated carbocycles. The zero-order chi connectivity index (χ0) is 16.8. The number of carbonyl (C=O) groups excluding carboxylic acids is 3. The summed E-state index contributed by atoms with van der Waals surface area (Å²) < 4.78 is 5.02. The molecule has 0 aliphatic carbocycles. The van der Waals surface area contributed by atoms with Gasteiger partial charge in [-0.3, -0.25) is 14.4 Å². The minimum absolute atomic E-state index is 0.0503. The number of nitrogens with zero attached hydrogens (tertiary/aromatic N) is 1. The molecule has 6 nitrogen and oxygen atoms in total. The van der Waals surface area contributed by atoms with Gasteiger partial charge in [-0.1, -0.05) is 0 Å². The zero-order valence-electron chi connectivity index (χ0n) is 13.5. The first kappa shape index (κ1) is 17.5. The molecule has 1 unspecified atom stereocenters. The third-order valence-corrected chi connectivity index (χ3v) is 4.76. The molecule has 1 aromatic rings. The van der Waals surface area contributed by atoms with E-state index in [1.54, 1.807) is 17.9 Å². The van der Waals surface area contributed by atoms with E-state index in [1.807, 2.05) is 13.0 Å². The van der Waals surface area contributed by atoms with Crippen molar-refractivity contribution in [3.05, 3.63) is 21.9 Å². The number of hydrogen-bond acceptors (Lipinski definition) is 5. The first-order valence-electron chi connectivity index (χ1n) is 7.80. The normalized spacial score (nSPS) is 17.7. The molecule has 126 valence electrons. The fraction of sp³-hybridized carbons (Fsp3) is 0.562. The van der Waals surface area contributed by atoms with Gasteiger partial charge in [0.1, 0.15) is 0 Å². The summed E-state index contributed by atoms with van der Waals surface area (Å²) in [5, 5.41) is 2.64. The molecule has 0 spiro atoms. The first-order chi connectivity index (χ1) is 11.0. The van der Waals surface area contributed by atoms with Crippen LogP contribution in [-0.4, -0.2) is 48.9 Å². The van der Waals surface area contributed by atoms with Gasteiger partial charge in [-0.15, -0.1) is 11.3 Å². The van der Waals surface area contributed by atoms with E-state index in [0.29, 0.717) is 24.6 Å². The Balaban J connectivity index is 1.83. The van der Waals surface area contributed by atoms with Crippen molar-refractivity contribution in [1.82, 2.24) is 10.2 Å². The van der Waals surface area contributed by atoms with Crippen LogP contribution in [0, 0.1) is 12.8 Å². The number of ether oxygens (including phenoxy) is 1. The average Bonchev–Trinajstić information content (AvgIpc) is 2.99. The van der Waals surface area contributed by atoms with Crippen molar-refractivity contribution in [2.24, 2.45) is 5.92 Å². The van der Waals surface area contributed by atoms with Crippen LogP contribution in [0.1, 0.15) is 34.3 Å². The SMILES string of the molecule is CCOC(=O)C1CCCN(C(=O)CNC(=O)c2ccc(C)s2)C1. The Morgan fingerprint density at radius 3 is 2.83 bits per heavy atom. The topological polar surface area (TPSA) is 75.7 Å². The van der Waals surface area contributed by atoms with E-state index in [1.165, 1.54) is 11.3 Å². The number of amides is 2.